The summed E-state index contributed by atoms with van der Waals surface area (Å²) in [7, 11) is 0. The fourth-order valence-corrected chi connectivity index (χ4v) is 5.62. The fraction of sp³-hybridized carbons (Fsp3) is 0.0667. The first-order valence-corrected chi connectivity index (χ1v) is 11.4. The SMILES string of the molecule is Cc1ccccc1-c1ccc2ccc3c(-c4ccccc4C)cc(Br)c4ccc1c2c43. The van der Waals surface area contributed by atoms with Gasteiger partial charge >= 0.3 is 0 Å². The van der Waals surface area contributed by atoms with E-state index < -0.39 is 0 Å². The largest absolute Gasteiger partial charge is 0.0620 e. The lowest BCUT2D eigenvalue weighted by Gasteiger charge is -2.18. The average Bonchev–Trinajstić information content (AvgIpc) is 2.79. The first-order valence-electron chi connectivity index (χ1n) is 10.7. The summed E-state index contributed by atoms with van der Waals surface area (Å²) in [5, 5.41) is 7.89. The lowest BCUT2D eigenvalue weighted by Crippen LogP contribution is -1.92. The molecular weight excluding hydrogens is 440 g/mol. The second kappa shape index (κ2) is 6.93. The van der Waals surface area contributed by atoms with Crippen molar-refractivity contribution in [2.45, 2.75) is 13.8 Å². The Morgan fingerprint density at radius 1 is 0.484 bits per heavy atom. The molecule has 6 aromatic carbocycles. The Hall–Kier alpha value is -3.16. The predicted molar refractivity (Wildman–Crippen MR) is 138 cm³/mol. The number of rotatable bonds is 2. The maximum atomic E-state index is 3.89. The average molecular weight is 461 g/mol. The quantitative estimate of drug-likeness (QED) is 0.225. The molecule has 0 atom stereocenters. The summed E-state index contributed by atoms with van der Waals surface area (Å²) in [5.74, 6) is 0. The standard InChI is InChI=1S/C30H21Br/c1-18-7-3-5-9-21(18)23-13-11-20-12-14-25-27(22-10-6-4-8-19(22)2)17-28(31)26-16-15-24(23)29(20)30(25)26/h3-17H,1-2H3. The van der Waals surface area contributed by atoms with Crippen LogP contribution in [0.5, 0.6) is 0 Å². The van der Waals surface area contributed by atoms with Crippen LogP contribution in [-0.2, 0) is 0 Å². The number of benzene rings is 6. The zero-order valence-electron chi connectivity index (χ0n) is 17.5. The van der Waals surface area contributed by atoms with Gasteiger partial charge in [0.15, 0.2) is 0 Å². The molecule has 0 aliphatic carbocycles. The van der Waals surface area contributed by atoms with Gasteiger partial charge in [0.05, 0.1) is 0 Å². The van der Waals surface area contributed by atoms with Gasteiger partial charge in [-0.2, -0.15) is 0 Å². The van der Waals surface area contributed by atoms with Crippen LogP contribution < -0.4 is 0 Å². The molecular formula is C30H21Br. The van der Waals surface area contributed by atoms with E-state index in [1.165, 1.54) is 65.7 Å². The summed E-state index contributed by atoms with van der Waals surface area (Å²) in [6.07, 6.45) is 0. The molecule has 0 N–H and O–H groups in total. The van der Waals surface area contributed by atoms with Crippen LogP contribution in [0.4, 0.5) is 0 Å². The molecule has 0 saturated heterocycles. The van der Waals surface area contributed by atoms with Crippen molar-refractivity contribution in [1.82, 2.24) is 0 Å². The summed E-state index contributed by atoms with van der Waals surface area (Å²) >= 11 is 3.89. The zero-order chi connectivity index (χ0) is 21.1. The van der Waals surface area contributed by atoms with Crippen molar-refractivity contribution in [2.75, 3.05) is 0 Å². The highest BCUT2D eigenvalue weighted by molar-refractivity contribution is 9.10. The maximum Gasteiger partial charge on any atom is 0.0260 e. The highest BCUT2D eigenvalue weighted by Crippen LogP contribution is 2.45. The molecule has 0 saturated carbocycles. The topological polar surface area (TPSA) is 0 Å². The van der Waals surface area contributed by atoms with Crippen molar-refractivity contribution >= 4 is 48.2 Å². The van der Waals surface area contributed by atoms with Crippen LogP contribution in [0.25, 0.3) is 54.6 Å². The Balaban J connectivity index is 1.79. The van der Waals surface area contributed by atoms with E-state index >= 15 is 0 Å². The number of aryl methyl sites for hydroxylation is 2. The van der Waals surface area contributed by atoms with Crippen LogP contribution in [0.15, 0.2) is 95.5 Å². The highest BCUT2D eigenvalue weighted by Gasteiger charge is 2.17. The van der Waals surface area contributed by atoms with Gasteiger partial charge in [0.25, 0.3) is 0 Å². The fourth-order valence-electron chi connectivity index (χ4n) is 5.06. The maximum absolute atomic E-state index is 3.89. The van der Waals surface area contributed by atoms with E-state index in [0.29, 0.717) is 0 Å². The molecule has 0 fully saturated rings. The van der Waals surface area contributed by atoms with Gasteiger partial charge in [-0.1, -0.05) is 101 Å². The second-order valence-corrected chi connectivity index (χ2v) is 9.25. The zero-order valence-corrected chi connectivity index (χ0v) is 19.1. The Labute approximate surface area is 190 Å². The van der Waals surface area contributed by atoms with Crippen LogP contribution in [-0.4, -0.2) is 0 Å². The molecule has 0 radical (unpaired) electrons. The van der Waals surface area contributed by atoms with Crippen molar-refractivity contribution in [3.05, 3.63) is 107 Å². The third kappa shape index (κ3) is 2.73. The van der Waals surface area contributed by atoms with Crippen LogP contribution >= 0.6 is 15.9 Å². The Kier molecular flexibility index (Phi) is 4.16. The van der Waals surface area contributed by atoms with Crippen molar-refractivity contribution in [3.8, 4) is 22.3 Å². The molecule has 0 amide bonds. The summed E-state index contributed by atoms with van der Waals surface area (Å²) in [5.41, 5.74) is 7.79. The van der Waals surface area contributed by atoms with Crippen LogP contribution in [0.1, 0.15) is 11.1 Å². The molecule has 148 valence electrons. The van der Waals surface area contributed by atoms with E-state index in [4.69, 9.17) is 0 Å². The summed E-state index contributed by atoms with van der Waals surface area (Å²) < 4.78 is 1.15. The van der Waals surface area contributed by atoms with Crippen molar-refractivity contribution in [3.63, 3.8) is 0 Å². The highest BCUT2D eigenvalue weighted by atomic mass is 79.9. The van der Waals surface area contributed by atoms with Crippen LogP contribution in [0.3, 0.4) is 0 Å². The summed E-state index contributed by atoms with van der Waals surface area (Å²) in [6, 6.07) is 33.3. The minimum atomic E-state index is 1.15. The molecule has 6 aromatic rings. The molecule has 0 aliphatic heterocycles. The van der Waals surface area contributed by atoms with E-state index in [2.05, 4.69) is 121 Å². The van der Waals surface area contributed by atoms with Crippen LogP contribution in [0, 0.1) is 13.8 Å². The molecule has 0 aromatic heterocycles. The summed E-state index contributed by atoms with van der Waals surface area (Å²) in [6.45, 7) is 4.39. The Bertz CT molecular complexity index is 1610. The van der Waals surface area contributed by atoms with Gasteiger partial charge in [0.2, 0.25) is 0 Å². The summed E-state index contributed by atoms with van der Waals surface area (Å²) in [4.78, 5) is 0. The van der Waals surface area contributed by atoms with Gasteiger partial charge in [-0.05, 0) is 85.6 Å². The van der Waals surface area contributed by atoms with Crippen LogP contribution in [0.2, 0.25) is 0 Å². The molecule has 0 bridgehead atoms. The minimum absolute atomic E-state index is 1.15. The molecule has 31 heavy (non-hydrogen) atoms. The van der Waals surface area contributed by atoms with Crippen molar-refractivity contribution in [2.24, 2.45) is 0 Å². The van der Waals surface area contributed by atoms with E-state index in [0.717, 1.165) is 4.47 Å². The third-order valence-electron chi connectivity index (χ3n) is 6.60. The first kappa shape index (κ1) is 18.6. The minimum Gasteiger partial charge on any atom is -0.0620 e. The van der Waals surface area contributed by atoms with E-state index in [9.17, 15) is 0 Å². The molecule has 0 heterocycles. The normalized spacial score (nSPS) is 11.7. The van der Waals surface area contributed by atoms with E-state index in [1.54, 1.807) is 0 Å². The van der Waals surface area contributed by atoms with E-state index in [1.807, 2.05) is 0 Å². The van der Waals surface area contributed by atoms with E-state index in [-0.39, 0.29) is 0 Å². The molecule has 1 heteroatoms. The molecule has 0 unspecified atom stereocenters. The van der Waals surface area contributed by atoms with Gasteiger partial charge < -0.3 is 0 Å². The molecule has 6 rings (SSSR count). The Morgan fingerprint density at radius 3 is 1.74 bits per heavy atom. The predicted octanol–water partition coefficient (Wildman–Crippen LogP) is 9.30. The second-order valence-electron chi connectivity index (χ2n) is 8.40. The van der Waals surface area contributed by atoms with Gasteiger partial charge in [-0.25, -0.2) is 0 Å². The van der Waals surface area contributed by atoms with Gasteiger partial charge in [0.1, 0.15) is 0 Å². The van der Waals surface area contributed by atoms with Crippen molar-refractivity contribution < 1.29 is 0 Å². The smallest absolute Gasteiger partial charge is 0.0260 e. The lowest BCUT2D eigenvalue weighted by molar-refractivity contribution is 1.47. The monoisotopic (exact) mass is 460 g/mol. The third-order valence-corrected chi connectivity index (χ3v) is 7.26. The van der Waals surface area contributed by atoms with Gasteiger partial charge in [0, 0.05) is 4.47 Å². The molecule has 0 aliphatic rings. The van der Waals surface area contributed by atoms with Gasteiger partial charge in [-0.3, -0.25) is 0 Å². The number of hydrogen-bond acceptors (Lipinski definition) is 0. The molecule has 0 nitrogen and oxygen atoms in total. The Morgan fingerprint density at radius 2 is 1.03 bits per heavy atom. The molecule has 0 spiro atoms. The number of halogens is 1. The van der Waals surface area contributed by atoms with Crippen molar-refractivity contribution in [1.29, 1.82) is 0 Å². The number of hydrogen-bond donors (Lipinski definition) is 0. The van der Waals surface area contributed by atoms with Gasteiger partial charge in [-0.15, -0.1) is 0 Å². The first-order chi connectivity index (χ1) is 15.1. The lowest BCUT2D eigenvalue weighted by atomic mass is 9.86.